The number of anilines is 1. The number of carbonyl (C=O) groups is 1. The van der Waals surface area contributed by atoms with Crippen molar-refractivity contribution in [1.29, 1.82) is 0 Å². The second-order valence-corrected chi connectivity index (χ2v) is 7.84. The second-order valence-electron chi connectivity index (χ2n) is 5.98. The molecule has 7 nitrogen and oxygen atoms in total. The Morgan fingerprint density at radius 1 is 1.07 bits per heavy atom. The molecule has 0 heterocycles. The number of hydrogen-bond donors (Lipinski definition) is 1. The van der Waals surface area contributed by atoms with Gasteiger partial charge in [-0.1, -0.05) is 24.3 Å². The first kappa shape index (κ1) is 20.6. The molecule has 2 rings (SSSR count). The molecule has 2 aromatic rings. The first-order valence-corrected chi connectivity index (χ1v) is 10.2. The van der Waals surface area contributed by atoms with Gasteiger partial charge in [0.15, 0.2) is 11.5 Å². The van der Waals surface area contributed by atoms with Gasteiger partial charge >= 0.3 is 0 Å². The molecule has 0 spiro atoms. The molecule has 146 valence electrons. The number of sulfonamides is 1. The highest BCUT2D eigenvalue weighted by Gasteiger charge is 2.28. The van der Waals surface area contributed by atoms with Crippen molar-refractivity contribution in [3.8, 4) is 11.5 Å². The first-order valence-electron chi connectivity index (χ1n) is 8.31. The van der Waals surface area contributed by atoms with E-state index in [2.05, 4.69) is 5.32 Å². The molecule has 27 heavy (non-hydrogen) atoms. The maximum atomic E-state index is 12.6. The molecule has 0 saturated carbocycles. The van der Waals surface area contributed by atoms with E-state index in [4.69, 9.17) is 9.47 Å². The van der Waals surface area contributed by atoms with Crippen LogP contribution in [-0.2, 0) is 21.4 Å². The molecule has 2 aromatic carbocycles. The highest BCUT2D eigenvalue weighted by molar-refractivity contribution is 7.92. The van der Waals surface area contributed by atoms with Crippen LogP contribution in [-0.4, -0.2) is 40.8 Å². The van der Waals surface area contributed by atoms with Crippen molar-refractivity contribution in [1.82, 2.24) is 5.32 Å². The standard InChI is InChI=1S/C19H24N2O5S/c1-14(21(27(4,23)24)16-8-6-5-7-9-16)19(22)20-13-15-10-11-17(25-2)18(12-15)26-3/h5-12,14H,13H2,1-4H3,(H,20,22)/t14-/m0/s1. The molecule has 0 unspecified atom stereocenters. The summed E-state index contributed by atoms with van der Waals surface area (Å²) in [6.07, 6.45) is 1.08. The molecule has 0 saturated heterocycles. The van der Waals surface area contributed by atoms with Gasteiger partial charge in [-0.15, -0.1) is 0 Å². The van der Waals surface area contributed by atoms with E-state index < -0.39 is 22.0 Å². The number of ether oxygens (including phenoxy) is 2. The average Bonchev–Trinajstić information content (AvgIpc) is 2.65. The summed E-state index contributed by atoms with van der Waals surface area (Å²) >= 11 is 0. The Kier molecular flexibility index (Phi) is 6.68. The minimum absolute atomic E-state index is 0.232. The molecule has 8 heteroatoms. The third kappa shape index (κ3) is 5.13. The first-order chi connectivity index (χ1) is 12.8. The normalized spacial score (nSPS) is 12.1. The maximum absolute atomic E-state index is 12.6. The molecule has 0 aromatic heterocycles. The number of para-hydroxylation sites is 1. The van der Waals surface area contributed by atoms with Crippen molar-refractivity contribution >= 4 is 21.6 Å². The Morgan fingerprint density at radius 3 is 2.26 bits per heavy atom. The molecule has 0 radical (unpaired) electrons. The third-order valence-corrected chi connectivity index (χ3v) is 5.26. The summed E-state index contributed by atoms with van der Waals surface area (Å²) < 4.78 is 36.0. The van der Waals surface area contributed by atoms with Gasteiger partial charge in [-0.25, -0.2) is 8.42 Å². The van der Waals surface area contributed by atoms with Gasteiger partial charge in [0.1, 0.15) is 6.04 Å². The van der Waals surface area contributed by atoms with Crippen molar-refractivity contribution in [3.05, 3.63) is 54.1 Å². The van der Waals surface area contributed by atoms with Crippen LogP contribution in [0.15, 0.2) is 48.5 Å². The molecule has 0 bridgehead atoms. The van der Waals surface area contributed by atoms with Gasteiger partial charge in [-0.2, -0.15) is 0 Å². The molecule has 1 atom stereocenters. The number of nitrogens with one attached hydrogen (secondary N) is 1. The predicted octanol–water partition coefficient (Wildman–Crippen LogP) is 2.17. The Bertz CT molecular complexity index is 884. The van der Waals surface area contributed by atoms with Crippen LogP contribution in [0.2, 0.25) is 0 Å². The fourth-order valence-corrected chi connectivity index (χ4v) is 3.89. The average molecular weight is 392 g/mol. The smallest absolute Gasteiger partial charge is 0.243 e. The third-order valence-electron chi connectivity index (χ3n) is 4.01. The zero-order valence-electron chi connectivity index (χ0n) is 15.8. The van der Waals surface area contributed by atoms with Crippen LogP contribution in [0.3, 0.4) is 0 Å². The largest absolute Gasteiger partial charge is 0.493 e. The van der Waals surface area contributed by atoms with E-state index in [1.165, 1.54) is 7.11 Å². The number of hydrogen-bond acceptors (Lipinski definition) is 5. The molecule has 0 aliphatic heterocycles. The fraction of sp³-hybridized carbons (Fsp3) is 0.316. The fourth-order valence-electron chi connectivity index (χ4n) is 2.71. The van der Waals surface area contributed by atoms with Crippen LogP contribution in [0.4, 0.5) is 5.69 Å². The van der Waals surface area contributed by atoms with Crippen LogP contribution in [0.1, 0.15) is 12.5 Å². The number of amides is 1. The lowest BCUT2D eigenvalue weighted by atomic mass is 10.2. The SMILES string of the molecule is COc1ccc(CNC(=O)[C@H](C)N(c2ccccc2)S(C)(=O)=O)cc1OC. The zero-order chi connectivity index (χ0) is 20.0. The minimum Gasteiger partial charge on any atom is -0.493 e. The Morgan fingerprint density at radius 2 is 1.70 bits per heavy atom. The van der Waals surface area contributed by atoms with E-state index in [-0.39, 0.29) is 6.54 Å². The zero-order valence-corrected chi connectivity index (χ0v) is 16.6. The highest BCUT2D eigenvalue weighted by atomic mass is 32.2. The molecule has 0 aliphatic rings. The summed E-state index contributed by atoms with van der Waals surface area (Å²) in [6, 6.07) is 12.9. The molecule has 1 amide bonds. The lowest BCUT2D eigenvalue weighted by Gasteiger charge is -2.28. The summed E-state index contributed by atoms with van der Waals surface area (Å²) in [7, 11) is -0.549. The molecular formula is C19H24N2O5S. The van der Waals surface area contributed by atoms with Crippen molar-refractivity contribution < 1.29 is 22.7 Å². The van der Waals surface area contributed by atoms with Crippen LogP contribution >= 0.6 is 0 Å². The van der Waals surface area contributed by atoms with E-state index in [1.807, 2.05) is 0 Å². The lowest BCUT2D eigenvalue weighted by molar-refractivity contribution is -0.122. The van der Waals surface area contributed by atoms with E-state index in [0.29, 0.717) is 17.2 Å². The second kappa shape index (κ2) is 8.77. The van der Waals surface area contributed by atoms with Crippen LogP contribution in [0.25, 0.3) is 0 Å². The van der Waals surface area contributed by atoms with Crippen LogP contribution < -0.4 is 19.1 Å². The van der Waals surface area contributed by atoms with Gasteiger partial charge in [0.25, 0.3) is 0 Å². The monoisotopic (exact) mass is 392 g/mol. The summed E-state index contributed by atoms with van der Waals surface area (Å²) in [5.74, 6) is 0.742. The van der Waals surface area contributed by atoms with Gasteiger partial charge in [0, 0.05) is 6.54 Å². The topological polar surface area (TPSA) is 84.9 Å². The van der Waals surface area contributed by atoms with Crippen molar-refractivity contribution in [3.63, 3.8) is 0 Å². The van der Waals surface area contributed by atoms with Gasteiger partial charge in [-0.3, -0.25) is 9.10 Å². The van der Waals surface area contributed by atoms with E-state index in [0.717, 1.165) is 16.1 Å². The van der Waals surface area contributed by atoms with Crippen molar-refractivity contribution in [2.24, 2.45) is 0 Å². The maximum Gasteiger partial charge on any atom is 0.243 e. The minimum atomic E-state index is -3.63. The van der Waals surface area contributed by atoms with Gasteiger partial charge in [-0.05, 0) is 36.8 Å². The summed E-state index contributed by atoms with van der Waals surface area (Å²) in [5, 5.41) is 2.77. The van der Waals surface area contributed by atoms with E-state index >= 15 is 0 Å². The molecule has 0 aliphatic carbocycles. The Hall–Kier alpha value is -2.74. The van der Waals surface area contributed by atoms with Gasteiger partial charge < -0.3 is 14.8 Å². The number of benzene rings is 2. The number of rotatable bonds is 8. The molecule has 0 fully saturated rings. The molecule has 1 N–H and O–H groups in total. The van der Waals surface area contributed by atoms with Crippen LogP contribution in [0, 0.1) is 0 Å². The molecular weight excluding hydrogens is 368 g/mol. The van der Waals surface area contributed by atoms with Crippen LogP contribution in [0.5, 0.6) is 11.5 Å². The van der Waals surface area contributed by atoms with E-state index in [1.54, 1.807) is 62.6 Å². The number of methoxy groups -OCH3 is 2. The lowest BCUT2D eigenvalue weighted by Crippen LogP contribution is -2.47. The number of nitrogens with zero attached hydrogens (tertiary/aromatic N) is 1. The Labute approximate surface area is 160 Å². The van der Waals surface area contributed by atoms with Crippen molar-refractivity contribution in [2.75, 3.05) is 24.8 Å². The summed E-state index contributed by atoms with van der Waals surface area (Å²) in [4.78, 5) is 12.6. The van der Waals surface area contributed by atoms with E-state index in [9.17, 15) is 13.2 Å². The Balaban J connectivity index is 2.14. The highest BCUT2D eigenvalue weighted by Crippen LogP contribution is 2.27. The van der Waals surface area contributed by atoms with Gasteiger partial charge in [0.2, 0.25) is 15.9 Å². The predicted molar refractivity (Wildman–Crippen MR) is 105 cm³/mol. The van der Waals surface area contributed by atoms with Crippen molar-refractivity contribution in [2.45, 2.75) is 19.5 Å². The summed E-state index contributed by atoms with van der Waals surface area (Å²) in [5.41, 5.74) is 1.24. The van der Waals surface area contributed by atoms with Gasteiger partial charge in [0.05, 0.1) is 26.2 Å². The quantitative estimate of drug-likeness (QED) is 0.744. The summed E-state index contributed by atoms with van der Waals surface area (Å²) in [6.45, 7) is 1.79. The number of carbonyl (C=O) groups excluding carboxylic acids is 1.